The number of aryl methyl sites for hydroxylation is 1. The summed E-state index contributed by atoms with van der Waals surface area (Å²) in [6.07, 6.45) is 0. The molecule has 1 rings (SSSR count). The average molecular weight is 317 g/mol. The van der Waals surface area contributed by atoms with Crippen LogP contribution in [0, 0.1) is 6.92 Å². The Morgan fingerprint density at radius 1 is 1.29 bits per heavy atom. The zero-order valence-corrected chi connectivity index (χ0v) is 13.5. The van der Waals surface area contributed by atoms with Crippen LogP contribution in [-0.2, 0) is 14.8 Å². The Morgan fingerprint density at radius 3 is 2.52 bits per heavy atom. The van der Waals surface area contributed by atoms with Gasteiger partial charge in [0.25, 0.3) is 0 Å². The van der Waals surface area contributed by atoms with E-state index < -0.39 is 10.0 Å². The third-order valence-electron chi connectivity index (χ3n) is 2.98. The number of benzene rings is 1. The summed E-state index contributed by atoms with van der Waals surface area (Å²) >= 11 is 0. The molecule has 0 aliphatic heterocycles. The van der Waals surface area contributed by atoms with E-state index in [0.717, 1.165) is 5.56 Å². The molecule has 0 heterocycles. The Hall–Kier alpha value is -1.15. The number of hydrogen-bond donors (Lipinski definition) is 1. The van der Waals surface area contributed by atoms with Gasteiger partial charge in [-0.1, -0.05) is 0 Å². The molecule has 0 radical (unpaired) electrons. The van der Waals surface area contributed by atoms with Crippen LogP contribution >= 0.6 is 0 Å². The van der Waals surface area contributed by atoms with Crippen LogP contribution in [0.1, 0.15) is 12.5 Å². The molecule has 1 aromatic rings. The van der Waals surface area contributed by atoms with E-state index >= 15 is 0 Å². The van der Waals surface area contributed by atoms with Gasteiger partial charge in [0.1, 0.15) is 5.75 Å². The van der Waals surface area contributed by atoms with Crippen LogP contribution in [0.4, 0.5) is 0 Å². The molecule has 1 aromatic carbocycles. The van der Waals surface area contributed by atoms with E-state index in [0.29, 0.717) is 12.4 Å². The van der Waals surface area contributed by atoms with Crippen LogP contribution in [0.3, 0.4) is 0 Å². The summed E-state index contributed by atoms with van der Waals surface area (Å²) in [5.41, 5.74) is 0.758. The highest BCUT2D eigenvalue weighted by molar-refractivity contribution is 7.89. The van der Waals surface area contributed by atoms with Crippen molar-refractivity contribution < 1.29 is 23.0 Å². The first-order chi connectivity index (χ1) is 9.97. The predicted octanol–water partition coefficient (Wildman–Crippen LogP) is 1.02. The van der Waals surface area contributed by atoms with E-state index in [9.17, 15) is 8.42 Å². The van der Waals surface area contributed by atoms with Gasteiger partial charge in [0.15, 0.2) is 0 Å². The van der Waals surface area contributed by atoms with Crippen LogP contribution in [0.25, 0.3) is 0 Å². The van der Waals surface area contributed by atoms with Crippen LogP contribution in [0.2, 0.25) is 0 Å². The fourth-order valence-electron chi connectivity index (χ4n) is 1.91. The van der Waals surface area contributed by atoms with Crippen LogP contribution < -0.4 is 4.74 Å². The average Bonchev–Trinajstić information content (AvgIpc) is 2.45. The standard InChI is InChI=1S/C14H23NO5S/c1-4-20-14-6-5-13(11-12(14)2)21(17,18)15(7-9-16)8-10-19-3/h5-6,11,16H,4,7-10H2,1-3H3. The number of methoxy groups -OCH3 is 1. The van der Waals surface area contributed by atoms with Crippen molar-refractivity contribution in [2.45, 2.75) is 18.7 Å². The number of rotatable bonds is 9. The van der Waals surface area contributed by atoms with Gasteiger partial charge in [-0.15, -0.1) is 0 Å². The van der Waals surface area contributed by atoms with Gasteiger partial charge >= 0.3 is 0 Å². The summed E-state index contributed by atoms with van der Waals surface area (Å²) in [7, 11) is -2.15. The molecule has 0 atom stereocenters. The molecule has 7 heteroatoms. The molecule has 0 aliphatic carbocycles. The fraction of sp³-hybridized carbons (Fsp3) is 0.571. The molecule has 0 saturated carbocycles. The zero-order valence-electron chi connectivity index (χ0n) is 12.7. The van der Waals surface area contributed by atoms with E-state index in [1.54, 1.807) is 19.1 Å². The second kappa shape index (κ2) is 8.33. The molecular weight excluding hydrogens is 294 g/mol. The van der Waals surface area contributed by atoms with Gasteiger partial charge in [0.05, 0.1) is 24.7 Å². The normalized spacial score (nSPS) is 11.9. The van der Waals surface area contributed by atoms with E-state index in [1.165, 1.54) is 17.5 Å². The maximum atomic E-state index is 12.6. The van der Waals surface area contributed by atoms with Gasteiger partial charge < -0.3 is 14.6 Å². The van der Waals surface area contributed by atoms with Gasteiger partial charge in [-0.25, -0.2) is 8.42 Å². The fourth-order valence-corrected chi connectivity index (χ4v) is 3.41. The molecular formula is C14H23NO5S. The highest BCUT2D eigenvalue weighted by Gasteiger charge is 2.24. The summed E-state index contributed by atoms with van der Waals surface area (Å²) < 4.78 is 36.7. The second-order valence-electron chi connectivity index (χ2n) is 4.48. The number of hydrogen-bond acceptors (Lipinski definition) is 5. The Kier molecular flexibility index (Phi) is 7.10. The maximum Gasteiger partial charge on any atom is 0.243 e. The summed E-state index contributed by atoms with van der Waals surface area (Å²) in [5.74, 6) is 0.669. The zero-order chi connectivity index (χ0) is 15.9. The van der Waals surface area contributed by atoms with E-state index in [2.05, 4.69) is 0 Å². The summed E-state index contributed by atoms with van der Waals surface area (Å²) in [6.45, 7) is 4.47. The lowest BCUT2D eigenvalue weighted by molar-refractivity contribution is 0.168. The van der Waals surface area contributed by atoms with Crippen molar-refractivity contribution in [1.29, 1.82) is 0 Å². The van der Waals surface area contributed by atoms with E-state index in [-0.39, 0.29) is 31.2 Å². The highest BCUT2D eigenvalue weighted by atomic mass is 32.2. The van der Waals surface area contributed by atoms with Crippen molar-refractivity contribution >= 4 is 10.0 Å². The molecule has 0 unspecified atom stereocenters. The van der Waals surface area contributed by atoms with Crippen LogP contribution in [0.5, 0.6) is 5.75 Å². The first-order valence-electron chi connectivity index (χ1n) is 6.80. The molecule has 120 valence electrons. The molecule has 0 bridgehead atoms. The van der Waals surface area contributed by atoms with Gasteiger partial charge in [0.2, 0.25) is 10.0 Å². The van der Waals surface area contributed by atoms with Gasteiger partial charge in [-0.05, 0) is 37.6 Å². The predicted molar refractivity (Wildman–Crippen MR) is 80.1 cm³/mol. The number of sulfonamides is 1. The minimum Gasteiger partial charge on any atom is -0.494 e. The molecule has 1 N–H and O–H groups in total. The molecule has 0 saturated heterocycles. The highest BCUT2D eigenvalue weighted by Crippen LogP contribution is 2.24. The quantitative estimate of drug-likeness (QED) is 0.736. The van der Waals surface area contributed by atoms with Crippen molar-refractivity contribution in [2.24, 2.45) is 0 Å². The lowest BCUT2D eigenvalue weighted by Crippen LogP contribution is -2.36. The minimum absolute atomic E-state index is 0.0396. The van der Waals surface area contributed by atoms with Crippen molar-refractivity contribution in [3.8, 4) is 5.75 Å². The Morgan fingerprint density at radius 2 is 2.00 bits per heavy atom. The lowest BCUT2D eigenvalue weighted by atomic mass is 10.2. The molecule has 21 heavy (non-hydrogen) atoms. The number of aliphatic hydroxyl groups is 1. The molecule has 0 aromatic heterocycles. The van der Waals surface area contributed by atoms with Crippen LogP contribution in [-0.4, -0.2) is 57.8 Å². The maximum absolute atomic E-state index is 12.6. The topological polar surface area (TPSA) is 76.1 Å². The summed E-state index contributed by atoms with van der Waals surface area (Å²) in [5, 5.41) is 9.05. The Balaban J connectivity index is 3.06. The van der Waals surface area contributed by atoms with Crippen molar-refractivity contribution in [2.75, 3.05) is 40.0 Å². The summed E-state index contributed by atoms with van der Waals surface area (Å²) in [4.78, 5) is 0.188. The van der Waals surface area contributed by atoms with E-state index in [4.69, 9.17) is 14.6 Å². The van der Waals surface area contributed by atoms with Crippen LogP contribution in [0.15, 0.2) is 23.1 Å². The third kappa shape index (κ3) is 4.67. The van der Waals surface area contributed by atoms with E-state index in [1.807, 2.05) is 6.92 Å². The smallest absolute Gasteiger partial charge is 0.243 e. The van der Waals surface area contributed by atoms with Gasteiger partial charge in [-0.2, -0.15) is 4.31 Å². The second-order valence-corrected chi connectivity index (χ2v) is 6.42. The monoisotopic (exact) mass is 317 g/mol. The largest absolute Gasteiger partial charge is 0.494 e. The van der Waals surface area contributed by atoms with Gasteiger partial charge in [-0.3, -0.25) is 0 Å². The van der Waals surface area contributed by atoms with Crippen molar-refractivity contribution in [3.63, 3.8) is 0 Å². The third-order valence-corrected chi connectivity index (χ3v) is 4.87. The number of ether oxygens (including phenoxy) is 2. The molecule has 0 fully saturated rings. The van der Waals surface area contributed by atoms with Crippen molar-refractivity contribution in [1.82, 2.24) is 4.31 Å². The molecule has 6 nitrogen and oxygen atoms in total. The number of nitrogens with zero attached hydrogens (tertiary/aromatic N) is 1. The molecule has 0 spiro atoms. The Labute approximate surface area is 126 Å². The molecule has 0 amide bonds. The summed E-state index contributed by atoms with van der Waals surface area (Å²) in [6, 6.07) is 4.75. The minimum atomic E-state index is -3.65. The molecule has 0 aliphatic rings. The SMILES string of the molecule is CCOc1ccc(S(=O)(=O)N(CCO)CCOC)cc1C. The van der Waals surface area contributed by atoms with Crippen molar-refractivity contribution in [3.05, 3.63) is 23.8 Å². The first-order valence-corrected chi connectivity index (χ1v) is 8.24. The lowest BCUT2D eigenvalue weighted by Gasteiger charge is -2.21. The van der Waals surface area contributed by atoms with Gasteiger partial charge in [0, 0.05) is 20.2 Å². The number of aliphatic hydroxyl groups excluding tert-OH is 1. The Bertz CT molecular complexity index is 544. The first kappa shape index (κ1) is 17.9.